The van der Waals surface area contributed by atoms with E-state index in [1.807, 2.05) is 38.1 Å². The Hall–Kier alpha value is -3.68. The van der Waals surface area contributed by atoms with Gasteiger partial charge in [0.05, 0.1) is 26.5 Å². The standard InChI is InChI=1S/C21H23N5O3/c1-4-28-20(22)15-8-6-7-14(11-15)17-13-26(25-24-17)18-12-16(21(23)29-5-2)9-10-19(18)27-3/h6-13,22-23H,4-5H2,1-3H3. The summed E-state index contributed by atoms with van der Waals surface area (Å²) in [4.78, 5) is 0. The summed E-state index contributed by atoms with van der Waals surface area (Å²) >= 11 is 0. The zero-order valence-electron chi connectivity index (χ0n) is 16.6. The Kier molecular flexibility index (Phi) is 6.23. The van der Waals surface area contributed by atoms with Gasteiger partial charge in [0.1, 0.15) is 17.1 Å². The molecule has 0 aliphatic rings. The Morgan fingerprint density at radius 1 is 0.966 bits per heavy atom. The van der Waals surface area contributed by atoms with Crippen LogP contribution < -0.4 is 4.74 Å². The summed E-state index contributed by atoms with van der Waals surface area (Å²) in [6.07, 6.45) is 1.77. The molecule has 0 saturated heterocycles. The van der Waals surface area contributed by atoms with Gasteiger partial charge in [0.25, 0.3) is 0 Å². The van der Waals surface area contributed by atoms with Gasteiger partial charge in [-0.05, 0) is 44.2 Å². The number of hydrogen-bond donors (Lipinski definition) is 2. The highest BCUT2D eigenvalue weighted by Gasteiger charge is 2.14. The van der Waals surface area contributed by atoms with E-state index < -0.39 is 0 Å². The highest BCUT2D eigenvalue weighted by atomic mass is 16.5. The third kappa shape index (κ3) is 4.43. The molecule has 0 bridgehead atoms. The Bertz CT molecular complexity index is 1030. The molecule has 2 N–H and O–H groups in total. The molecule has 2 aromatic carbocycles. The quantitative estimate of drug-likeness (QED) is 0.471. The van der Waals surface area contributed by atoms with Crippen molar-refractivity contribution in [3.05, 3.63) is 59.8 Å². The Morgan fingerprint density at radius 2 is 1.66 bits per heavy atom. The first kappa shape index (κ1) is 20.1. The first-order valence-corrected chi connectivity index (χ1v) is 9.22. The van der Waals surface area contributed by atoms with Crippen LogP contribution in [0.1, 0.15) is 25.0 Å². The molecule has 0 atom stereocenters. The smallest absolute Gasteiger partial charge is 0.213 e. The molecule has 8 heteroatoms. The van der Waals surface area contributed by atoms with Gasteiger partial charge in [0, 0.05) is 16.7 Å². The van der Waals surface area contributed by atoms with Crippen molar-refractivity contribution in [1.82, 2.24) is 15.0 Å². The minimum atomic E-state index is 0.0823. The molecular weight excluding hydrogens is 370 g/mol. The highest BCUT2D eigenvalue weighted by Crippen LogP contribution is 2.26. The molecule has 3 aromatic rings. The SMILES string of the molecule is CCOC(=N)c1cccc(-c2cn(-c3cc(C(=N)OCC)ccc3OC)nn2)c1. The molecule has 0 fully saturated rings. The van der Waals surface area contributed by atoms with E-state index in [4.69, 9.17) is 25.0 Å². The summed E-state index contributed by atoms with van der Waals surface area (Å²) in [6.45, 7) is 4.53. The van der Waals surface area contributed by atoms with Crippen LogP contribution in [0.2, 0.25) is 0 Å². The van der Waals surface area contributed by atoms with Gasteiger partial charge in [0.2, 0.25) is 11.8 Å². The van der Waals surface area contributed by atoms with Crippen molar-refractivity contribution in [1.29, 1.82) is 10.8 Å². The van der Waals surface area contributed by atoms with E-state index in [9.17, 15) is 0 Å². The molecule has 3 rings (SSSR count). The average molecular weight is 393 g/mol. The molecule has 0 saturated carbocycles. The maximum Gasteiger partial charge on any atom is 0.213 e. The first-order valence-electron chi connectivity index (χ1n) is 9.22. The van der Waals surface area contributed by atoms with Crippen LogP contribution in [-0.4, -0.2) is 47.1 Å². The number of nitrogens with zero attached hydrogens (tertiary/aromatic N) is 3. The predicted molar refractivity (Wildman–Crippen MR) is 110 cm³/mol. The number of rotatable bonds is 7. The summed E-state index contributed by atoms with van der Waals surface area (Å²) in [6, 6.07) is 12.7. The maximum atomic E-state index is 8.01. The number of ether oxygens (including phenoxy) is 3. The zero-order chi connectivity index (χ0) is 20.8. The van der Waals surface area contributed by atoms with E-state index >= 15 is 0 Å². The summed E-state index contributed by atoms with van der Waals surface area (Å²) in [5.41, 5.74) is 3.39. The van der Waals surface area contributed by atoms with Crippen molar-refractivity contribution < 1.29 is 14.2 Å². The van der Waals surface area contributed by atoms with Crippen molar-refractivity contribution in [2.75, 3.05) is 20.3 Å². The van der Waals surface area contributed by atoms with E-state index in [1.165, 1.54) is 0 Å². The molecule has 0 unspecified atom stereocenters. The van der Waals surface area contributed by atoms with E-state index in [1.54, 1.807) is 36.2 Å². The fraction of sp³-hybridized carbons (Fsp3) is 0.238. The third-order valence-electron chi connectivity index (χ3n) is 4.18. The minimum Gasteiger partial charge on any atom is -0.494 e. The van der Waals surface area contributed by atoms with Crippen molar-refractivity contribution in [2.24, 2.45) is 0 Å². The van der Waals surface area contributed by atoms with Gasteiger partial charge in [0.15, 0.2) is 0 Å². The van der Waals surface area contributed by atoms with E-state index in [0.29, 0.717) is 41.5 Å². The first-order chi connectivity index (χ1) is 14.1. The molecular formula is C21H23N5O3. The van der Waals surface area contributed by atoms with Crippen molar-refractivity contribution in [3.63, 3.8) is 0 Å². The van der Waals surface area contributed by atoms with Crippen LogP contribution >= 0.6 is 0 Å². The summed E-state index contributed by atoms with van der Waals surface area (Å²) in [7, 11) is 1.58. The summed E-state index contributed by atoms with van der Waals surface area (Å²) in [5.74, 6) is 0.797. The maximum absolute atomic E-state index is 8.01. The lowest BCUT2D eigenvalue weighted by Gasteiger charge is -2.11. The fourth-order valence-corrected chi connectivity index (χ4v) is 2.80. The molecule has 0 spiro atoms. The summed E-state index contributed by atoms with van der Waals surface area (Å²) in [5, 5.41) is 24.5. The molecule has 0 aliphatic carbocycles. The van der Waals surface area contributed by atoms with Gasteiger partial charge in [-0.25, -0.2) is 4.68 Å². The second-order valence-electron chi connectivity index (χ2n) is 6.04. The Balaban J connectivity index is 1.96. The molecule has 0 radical (unpaired) electrons. The lowest BCUT2D eigenvalue weighted by Crippen LogP contribution is -2.07. The van der Waals surface area contributed by atoms with Crippen LogP contribution in [0.25, 0.3) is 16.9 Å². The van der Waals surface area contributed by atoms with Gasteiger partial charge in [-0.3, -0.25) is 10.8 Å². The van der Waals surface area contributed by atoms with Gasteiger partial charge < -0.3 is 14.2 Å². The zero-order valence-corrected chi connectivity index (χ0v) is 16.6. The average Bonchev–Trinajstić information content (AvgIpc) is 3.24. The molecule has 1 aromatic heterocycles. The van der Waals surface area contributed by atoms with Crippen LogP contribution in [0.4, 0.5) is 0 Å². The van der Waals surface area contributed by atoms with Crippen molar-refractivity contribution >= 4 is 11.8 Å². The second kappa shape index (κ2) is 9.01. The van der Waals surface area contributed by atoms with Gasteiger partial charge >= 0.3 is 0 Å². The van der Waals surface area contributed by atoms with Gasteiger partial charge in [-0.1, -0.05) is 17.3 Å². The van der Waals surface area contributed by atoms with Gasteiger partial charge in [-0.2, -0.15) is 0 Å². The van der Waals surface area contributed by atoms with Crippen molar-refractivity contribution in [3.8, 4) is 22.7 Å². The topological polar surface area (TPSA) is 106 Å². The molecule has 1 heterocycles. The molecule has 0 amide bonds. The predicted octanol–water partition coefficient (Wildman–Crippen LogP) is 3.67. The lowest BCUT2D eigenvalue weighted by atomic mass is 10.1. The number of nitrogens with one attached hydrogen (secondary N) is 2. The molecule has 150 valence electrons. The number of aromatic nitrogens is 3. The normalized spacial score (nSPS) is 10.4. The highest BCUT2D eigenvalue weighted by molar-refractivity contribution is 5.93. The van der Waals surface area contributed by atoms with E-state index in [0.717, 1.165) is 5.56 Å². The molecule has 8 nitrogen and oxygen atoms in total. The Labute approximate surface area is 169 Å². The lowest BCUT2D eigenvalue weighted by molar-refractivity contribution is 0.325. The van der Waals surface area contributed by atoms with E-state index in [-0.39, 0.29) is 11.8 Å². The van der Waals surface area contributed by atoms with Crippen LogP contribution in [-0.2, 0) is 9.47 Å². The van der Waals surface area contributed by atoms with Crippen LogP contribution in [0, 0.1) is 10.8 Å². The van der Waals surface area contributed by atoms with Crippen molar-refractivity contribution in [2.45, 2.75) is 13.8 Å². The number of hydrogen-bond acceptors (Lipinski definition) is 7. The second-order valence-corrected chi connectivity index (χ2v) is 6.04. The van der Waals surface area contributed by atoms with Gasteiger partial charge in [-0.15, -0.1) is 5.10 Å². The largest absolute Gasteiger partial charge is 0.494 e. The molecule has 0 aliphatic heterocycles. The van der Waals surface area contributed by atoms with E-state index in [2.05, 4.69) is 10.3 Å². The van der Waals surface area contributed by atoms with Crippen LogP contribution in [0.3, 0.4) is 0 Å². The minimum absolute atomic E-state index is 0.0823. The fourth-order valence-electron chi connectivity index (χ4n) is 2.80. The van der Waals surface area contributed by atoms with Crippen LogP contribution in [0.15, 0.2) is 48.7 Å². The Morgan fingerprint density at radius 3 is 2.31 bits per heavy atom. The van der Waals surface area contributed by atoms with Crippen LogP contribution in [0.5, 0.6) is 5.75 Å². The molecule has 29 heavy (non-hydrogen) atoms. The number of benzene rings is 2. The third-order valence-corrected chi connectivity index (χ3v) is 4.18. The number of methoxy groups -OCH3 is 1. The summed E-state index contributed by atoms with van der Waals surface area (Å²) < 4.78 is 17.6. The monoisotopic (exact) mass is 393 g/mol.